The second-order valence-electron chi connectivity index (χ2n) is 5.69. The second kappa shape index (κ2) is 11.1. The summed E-state index contributed by atoms with van der Waals surface area (Å²) in [5.41, 5.74) is 2.72. The molecule has 2 rings (SSSR count). The van der Waals surface area contributed by atoms with Gasteiger partial charge in [0, 0.05) is 16.8 Å². The average Bonchev–Trinajstić information content (AvgIpc) is 2.70. The minimum Gasteiger partial charge on any atom is -0.505 e. The maximum absolute atomic E-state index is 10.8. The molecule has 2 aromatic carbocycles. The van der Waals surface area contributed by atoms with E-state index in [2.05, 4.69) is 29.0 Å². The molecule has 0 aliphatic rings. The lowest BCUT2D eigenvalue weighted by Crippen LogP contribution is -2.19. The number of carboxylic acids is 1. The van der Waals surface area contributed by atoms with E-state index < -0.39 is 5.97 Å². The van der Waals surface area contributed by atoms with Gasteiger partial charge in [-0.1, -0.05) is 11.8 Å². The molecule has 2 aromatic rings. The SMILES string of the molecule is CO/C=C\COC(C)Nc1ccc(C#CC#Cc2ccc(C(=O)O)cc2)cc1. The van der Waals surface area contributed by atoms with E-state index in [9.17, 15) is 4.79 Å². The predicted molar refractivity (Wildman–Crippen MR) is 109 cm³/mol. The van der Waals surface area contributed by atoms with Crippen molar-refractivity contribution in [1.82, 2.24) is 0 Å². The van der Waals surface area contributed by atoms with Crippen LogP contribution in [-0.2, 0) is 9.47 Å². The topological polar surface area (TPSA) is 67.8 Å². The van der Waals surface area contributed by atoms with E-state index in [1.807, 2.05) is 31.2 Å². The molecule has 0 radical (unpaired) electrons. The number of ether oxygens (including phenoxy) is 2. The first-order chi connectivity index (χ1) is 13.6. The van der Waals surface area contributed by atoms with Crippen molar-refractivity contribution >= 4 is 11.7 Å². The van der Waals surface area contributed by atoms with E-state index in [1.165, 1.54) is 12.1 Å². The maximum Gasteiger partial charge on any atom is 0.335 e. The van der Waals surface area contributed by atoms with Crippen LogP contribution in [0.2, 0.25) is 0 Å². The van der Waals surface area contributed by atoms with Crippen molar-refractivity contribution in [3.8, 4) is 23.7 Å². The lowest BCUT2D eigenvalue weighted by atomic mass is 10.1. The summed E-state index contributed by atoms with van der Waals surface area (Å²) in [7, 11) is 1.59. The normalized spacial score (nSPS) is 10.9. The van der Waals surface area contributed by atoms with Crippen molar-refractivity contribution in [2.75, 3.05) is 19.0 Å². The van der Waals surface area contributed by atoms with Crippen LogP contribution < -0.4 is 5.32 Å². The number of carbonyl (C=O) groups is 1. The van der Waals surface area contributed by atoms with Crippen LogP contribution in [0, 0.1) is 23.7 Å². The van der Waals surface area contributed by atoms with E-state index in [-0.39, 0.29) is 11.8 Å². The number of hydrogen-bond acceptors (Lipinski definition) is 4. The van der Waals surface area contributed by atoms with Gasteiger partial charge in [-0.3, -0.25) is 0 Å². The summed E-state index contributed by atoms with van der Waals surface area (Å²) in [4.78, 5) is 10.8. The van der Waals surface area contributed by atoms with Crippen LogP contribution in [0.1, 0.15) is 28.4 Å². The molecule has 142 valence electrons. The summed E-state index contributed by atoms with van der Waals surface area (Å²) in [5.74, 6) is 10.5. The van der Waals surface area contributed by atoms with E-state index in [0.29, 0.717) is 12.2 Å². The molecular weight excluding hydrogens is 354 g/mol. The zero-order chi connectivity index (χ0) is 20.2. The molecule has 5 heteroatoms. The number of carboxylic acid groups (broad SMARTS) is 1. The minimum atomic E-state index is -0.957. The zero-order valence-corrected chi connectivity index (χ0v) is 15.7. The number of methoxy groups -OCH3 is 1. The fourth-order valence-corrected chi connectivity index (χ4v) is 2.16. The Morgan fingerprint density at radius 3 is 2.18 bits per heavy atom. The van der Waals surface area contributed by atoms with Crippen LogP contribution in [0.4, 0.5) is 5.69 Å². The molecule has 0 heterocycles. The molecule has 28 heavy (non-hydrogen) atoms. The fraction of sp³-hybridized carbons (Fsp3) is 0.174. The van der Waals surface area contributed by atoms with Crippen molar-refractivity contribution in [2.24, 2.45) is 0 Å². The standard InChI is InChI=1S/C23H21NO4/c1-18(28-17-5-16-27-2)24-22-14-10-20(11-15-22)7-4-3-6-19-8-12-21(13-9-19)23(25)26/h5,8-16,18,24H,17H2,1-2H3,(H,25,26)/b16-5-. The molecule has 0 amide bonds. The Balaban J connectivity index is 1.88. The van der Waals surface area contributed by atoms with Gasteiger partial charge < -0.3 is 19.9 Å². The van der Waals surface area contributed by atoms with Gasteiger partial charge in [-0.25, -0.2) is 4.79 Å². The van der Waals surface area contributed by atoms with E-state index in [1.54, 1.807) is 31.6 Å². The highest BCUT2D eigenvalue weighted by molar-refractivity contribution is 5.87. The molecule has 1 atom stereocenters. The molecule has 0 bridgehead atoms. The summed E-state index contributed by atoms with van der Waals surface area (Å²) >= 11 is 0. The fourth-order valence-electron chi connectivity index (χ4n) is 2.16. The first kappa shape index (κ1) is 20.6. The first-order valence-corrected chi connectivity index (χ1v) is 8.60. The monoisotopic (exact) mass is 375 g/mol. The highest BCUT2D eigenvalue weighted by Crippen LogP contribution is 2.10. The number of anilines is 1. The average molecular weight is 375 g/mol. The van der Waals surface area contributed by atoms with Gasteiger partial charge in [-0.05, 0) is 73.4 Å². The predicted octanol–water partition coefficient (Wildman–Crippen LogP) is 3.72. The molecule has 0 spiro atoms. The highest BCUT2D eigenvalue weighted by Gasteiger charge is 2.01. The number of rotatable bonds is 7. The van der Waals surface area contributed by atoms with Gasteiger partial charge >= 0.3 is 5.97 Å². The molecule has 1 unspecified atom stereocenters. The summed E-state index contributed by atoms with van der Waals surface area (Å²) in [5, 5.41) is 12.1. The van der Waals surface area contributed by atoms with Crippen LogP contribution in [0.15, 0.2) is 60.9 Å². The molecule has 0 saturated heterocycles. The number of benzene rings is 2. The smallest absolute Gasteiger partial charge is 0.335 e. The quantitative estimate of drug-likeness (QED) is 0.439. The third-order valence-corrected chi connectivity index (χ3v) is 3.54. The molecular formula is C23H21NO4. The summed E-state index contributed by atoms with van der Waals surface area (Å²) in [6.45, 7) is 2.39. The van der Waals surface area contributed by atoms with Gasteiger partial charge in [0.15, 0.2) is 0 Å². The van der Waals surface area contributed by atoms with Crippen LogP contribution in [0.5, 0.6) is 0 Å². The third-order valence-electron chi connectivity index (χ3n) is 3.54. The van der Waals surface area contributed by atoms with Crippen molar-refractivity contribution in [1.29, 1.82) is 0 Å². The number of hydrogen-bond donors (Lipinski definition) is 2. The molecule has 0 aliphatic heterocycles. The Kier molecular flexibility index (Phi) is 8.20. The van der Waals surface area contributed by atoms with Crippen molar-refractivity contribution in [3.05, 3.63) is 77.6 Å². The highest BCUT2D eigenvalue weighted by atomic mass is 16.5. The Morgan fingerprint density at radius 1 is 1.07 bits per heavy atom. The van der Waals surface area contributed by atoms with E-state index in [0.717, 1.165) is 11.3 Å². The van der Waals surface area contributed by atoms with Gasteiger partial charge in [0.2, 0.25) is 0 Å². The second-order valence-corrected chi connectivity index (χ2v) is 5.69. The molecule has 2 N–H and O–H groups in total. The van der Waals surface area contributed by atoms with E-state index in [4.69, 9.17) is 14.6 Å². The number of nitrogens with one attached hydrogen (secondary N) is 1. The third kappa shape index (κ3) is 7.29. The van der Waals surface area contributed by atoms with Gasteiger partial charge in [-0.2, -0.15) is 0 Å². The van der Waals surface area contributed by atoms with Gasteiger partial charge in [-0.15, -0.1) is 0 Å². The van der Waals surface area contributed by atoms with E-state index >= 15 is 0 Å². The molecule has 0 fully saturated rings. The lowest BCUT2D eigenvalue weighted by Gasteiger charge is -2.15. The van der Waals surface area contributed by atoms with Crippen LogP contribution in [0.3, 0.4) is 0 Å². The zero-order valence-electron chi connectivity index (χ0n) is 15.7. The largest absolute Gasteiger partial charge is 0.505 e. The van der Waals surface area contributed by atoms with Gasteiger partial charge in [0.05, 0.1) is 25.5 Å². The summed E-state index contributed by atoms with van der Waals surface area (Å²) < 4.78 is 10.4. The van der Waals surface area contributed by atoms with Crippen molar-refractivity contribution in [2.45, 2.75) is 13.2 Å². The molecule has 0 saturated carbocycles. The molecule has 0 aromatic heterocycles. The van der Waals surface area contributed by atoms with Crippen molar-refractivity contribution < 1.29 is 19.4 Å². The Bertz CT molecular complexity index is 923. The Hall–Kier alpha value is -3.67. The number of aromatic carboxylic acids is 1. The van der Waals surface area contributed by atoms with Crippen LogP contribution in [-0.4, -0.2) is 31.0 Å². The Morgan fingerprint density at radius 2 is 1.64 bits per heavy atom. The van der Waals surface area contributed by atoms with Crippen molar-refractivity contribution in [3.63, 3.8) is 0 Å². The molecule has 5 nitrogen and oxygen atoms in total. The maximum atomic E-state index is 10.8. The summed E-state index contributed by atoms with van der Waals surface area (Å²) in [6.07, 6.45) is 3.23. The molecule has 0 aliphatic carbocycles. The van der Waals surface area contributed by atoms with Crippen LogP contribution in [0.25, 0.3) is 0 Å². The van der Waals surface area contributed by atoms with Crippen LogP contribution >= 0.6 is 0 Å². The van der Waals surface area contributed by atoms with Gasteiger partial charge in [0.1, 0.15) is 6.23 Å². The summed E-state index contributed by atoms with van der Waals surface area (Å²) in [6, 6.07) is 14.0. The lowest BCUT2D eigenvalue weighted by molar-refractivity contribution is 0.0697. The first-order valence-electron chi connectivity index (χ1n) is 8.60. The Labute approximate surface area is 165 Å². The van der Waals surface area contributed by atoms with Gasteiger partial charge in [0.25, 0.3) is 0 Å². The minimum absolute atomic E-state index is 0.142.